The van der Waals surface area contributed by atoms with Gasteiger partial charge in [-0.1, -0.05) is 26.0 Å². The van der Waals surface area contributed by atoms with Gasteiger partial charge in [0.25, 0.3) is 11.8 Å². The maximum atomic E-state index is 13.5. The first-order valence-electron chi connectivity index (χ1n) is 9.27. The van der Waals surface area contributed by atoms with E-state index in [1.807, 2.05) is 13.8 Å². The Hall–Kier alpha value is -2.49. The highest BCUT2D eigenvalue weighted by Gasteiger charge is 2.35. The first-order chi connectivity index (χ1) is 13.6. The number of nitrogens with zero attached hydrogens (tertiary/aromatic N) is 1. The van der Waals surface area contributed by atoms with Crippen molar-refractivity contribution < 1.29 is 31.9 Å². The SMILES string of the molecule is CC(C)CN(C(=O)COC(=O)CNC(=O)c1ccccc1F)[C@@H]1CCS(=O)(=O)C1. The highest BCUT2D eigenvalue weighted by atomic mass is 32.2. The molecule has 1 aromatic rings. The van der Waals surface area contributed by atoms with Gasteiger partial charge in [0.1, 0.15) is 12.4 Å². The zero-order valence-electron chi connectivity index (χ0n) is 16.4. The molecule has 0 spiro atoms. The van der Waals surface area contributed by atoms with E-state index >= 15 is 0 Å². The summed E-state index contributed by atoms with van der Waals surface area (Å²) in [4.78, 5) is 37.7. The first kappa shape index (κ1) is 22.8. The maximum Gasteiger partial charge on any atom is 0.325 e. The monoisotopic (exact) mass is 428 g/mol. The van der Waals surface area contributed by atoms with Crippen LogP contribution in [-0.2, 0) is 24.2 Å². The Labute approximate surface area is 169 Å². The van der Waals surface area contributed by atoms with Crippen molar-refractivity contribution in [2.75, 3.05) is 31.2 Å². The van der Waals surface area contributed by atoms with E-state index in [4.69, 9.17) is 4.74 Å². The number of ether oxygens (including phenoxy) is 1. The fraction of sp³-hybridized carbons (Fsp3) is 0.526. The van der Waals surface area contributed by atoms with Crippen LogP contribution >= 0.6 is 0 Å². The Morgan fingerprint density at radius 3 is 2.55 bits per heavy atom. The van der Waals surface area contributed by atoms with Gasteiger partial charge in [-0.25, -0.2) is 12.8 Å². The summed E-state index contributed by atoms with van der Waals surface area (Å²) in [5.41, 5.74) is -0.207. The van der Waals surface area contributed by atoms with Crippen molar-refractivity contribution in [3.8, 4) is 0 Å². The molecule has 1 aromatic carbocycles. The molecule has 1 atom stereocenters. The van der Waals surface area contributed by atoms with Gasteiger partial charge in [-0.05, 0) is 24.5 Å². The Morgan fingerprint density at radius 1 is 1.28 bits per heavy atom. The Kier molecular flexibility index (Phi) is 7.72. The normalized spacial score (nSPS) is 17.7. The summed E-state index contributed by atoms with van der Waals surface area (Å²) in [6.45, 7) is 3.06. The summed E-state index contributed by atoms with van der Waals surface area (Å²) in [5, 5.41) is 2.23. The van der Waals surface area contributed by atoms with Crippen molar-refractivity contribution in [3.63, 3.8) is 0 Å². The van der Waals surface area contributed by atoms with E-state index < -0.39 is 52.6 Å². The molecular weight excluding hydrogens is 403 g/mol. The van der Waals surface area contributed by atoms with Crippen molar-refractivity contribution in [2.45, 2.75) is 26.3 Å². The van der Waals surface area contributed by atoms with Crippen LogP contribution in [0.1, 0.15) is 30.6 Å². The molecule has 1 saturated heterocycles. The molecular formula is C19H25FN2O6S. The van der Waals surface area contributed by atoms with E-state index in [0.717, 1.165) is 6.07 Å². The first-order valence-corrected chi connectivity index (χ1v) is 11.1. The number of amides is 2. The number of carbonyl (C=O) groups excluding carboxylic acids is 3. The van der Waals surface area contributed by atoms with Crippen LogP contribution in [-0.4, -0.2) is 68.3 Å². The Morgan fingerprint density at radius 2 is 1.97 bits per heavy atom. The summed E-state index contributed by atoms with van der Waals surface area (Å²) in [7, 11) is -3.17. The molecule has 1 N–H and O–H groups in total. The molecule has 1 aliphatic rings. The zero-order valence-corrected chi connectivity index (χ0v) is 17.2. The lowest BCUT2D eigenvalue weighted by Crippen LogP contribution is -2.45. The van der Waals surface area contributed by atoms with Gasteiger partial charge in [0.2, 0.25) is 0 Å². The second-order valence-corrected chi connectivity index (χ2v) is 9.55. The minimum Gasteiger partial charge on any atom is -0.454 e. The summed E-state index contributed by atoms with van der Waals surface area (Å²) < 4.78 is 41.9. The average molecular weight is 428 g/mol. The summed E-state index contributed by atoms with van der Waals surface area (Å²) >= 11 is 0. The van der Waals surface area contributed by atoms with Gasteiger partial charge in [0.15, 0.2) is 16.4 Å². The van der Waals surface area contributed by atoms with Gasteiger partial charge in [-0.2, -0.15) is 0 Å². The minimum absolute atomic E-state index is 0.0292. The van der Waals surface area contributed by atoms with E-state index in [-0.39, 0.29) is 23.0 Å². The lowest BCUT2D eigenvalue weighted by atomic mass is 10.1. The molecule has 8 nitrogen and oxygen atoms in total. The van der Waals surface area contributed by atoms with Crippen molar-refractivity contribution in [1.82, 2.24) is 10.2 Å². The van der Waals surface area contributed by atoms with Crippen LogP contribution in [0.15, 0.2) is 24.3 Å². The van der Waals surface area contributed by atoms with Crippen molar-refractivity contribution in [2.24, 2.45) is 5.92 Å². The number of esters is 1. The standard InChI is InChI=1S/C19H25FN2O6S/c1-13(2)10-22(14-7-8-29(26,27)12-14)17(23)11-28-18(24)9-21-19(25)15-5-3-4-6-16(15)20/h3-6,13-14H,7-12H2,1-2H3,(H,21,25)/t14-/m1/s1. The van der Waals surface area contributed by atoms with E-state index in [1.54, 1.807) is 0 Å². The third-order valence-electron chi connectivity index (χ3n) is 4.40. The number of benzene rings is 1. The van der Waals surface area contributed by atoms with Crippen LogP contribution in [0.3, 0.4) is 0 Å². The Bertz CT molecular complexity index is 871. The topological polar surface area (TPSA) is 110 Å². The quantitative estimate of drug-likeness (QED) is 0.613. The largest absolute Gasteiger partial charge is 0.454 e. The molecule has 0 aromatic heterocycles. The van der Waals surface area contributed by atoms with Crippen LogP contribution < -0.4 is 5.32 Å². The second kappa shape index (κ2) is 9.82. The minimum atomic E-state index is -3.17. The van der Waals surface area contributed by atoms with E-state index in [9.17, 15) is 27.2 Å². The smallest absolute Gasteiger partial charge is 0.325 e. The molecule has 10 heteroatoms. The van der Waals surface area contributed by atoms with Crippen LogP contribution in [0.25, 0.3) is 0 Å². The van der Waals surface area contributed by atoms with Crippen LogP contribution in [0.4, 0.5) is 4.39 Å². The van der Waals surface area contributed by atoms with E-state index in [2.05, 4.69) is 5.32 Å². The van der Waals surface area contributed by atoms with Crippen LogP contribution in [0.2, 0.25) is 0 Å². The molecule has 29 heavy (non-hydrogen) atoms. The fourth-order valence-electron chi connectivity index (χ4n) is 3.04. The van der Waals surface area contributed by atoms with Gasteiger partial charge in [0.05, 0.1) is 17.1 Å². The number of carbonyl (C=O) groups is 3. The fourth-order valence-corrected chi connectivity index (χ4v) is 4.77. The number of hydrogen-bond donors (Lipinski definition) is 1. The van der Waals surface area contributed by atoms with Gasteiger partial charge < -0.3 is 15.0 Å². The molecule has 1 aliphatic heterocycles. The number of sulfone groups is 1. The summed E-state index contributed by atoms with van der Waals surface area (Å²) in [6.07, 6.45) is 0.355. The molecule has 1 heterocycles. The van der Waals surface area contributed by atoms with E-state index in [1.165, 1.54) is 23.1 Å². The molecule has 0 unspecified atom stereocenters. The van der Waals surface area contributed by atoms with Gasteiger partial charge in [0, 0.05) is 12.6 Å². The number of nitrogens with one attached hydrogen (secondary N) is 1. The van der Waals surface area contributed by atoms with Gasteiger partial charge in [-0.15, -0.1) is 0 Å². The predicted molar refractivity (Wildman–Crippen MR) is 103 cm³/mol. The molecule has 2 amide bonds. The van der Waals surface area contributed by atoms with Crippen molar-refractivity contribution >= 4 is 27.6 Å². The molecule has 0 radical (unpaired) electrons. The zero-order chi connectivity index (χ0) is 21.6. The van der Waals surface area contributed by atoms with Crippen molar-refractivity contribution in [3.05, 3.63) is 35.6 Å². The highest BCUT2D eigenvalue weighted by Crippen LogP contribution is 2.19. The molecule has 2 rings (SSSR count). The second-order valence-electron chi connectivity index (χ2n) is 7.32. The van der Waals surface area contributed by atoms with E-state index in [0.29, 0.717) is 13.0 Å². The van der Waals surface area contributed by atoms with Gasteiger partial charge >= 0.3 is 5.97 Å². The number of halogens is 1. The summed E-state index contributed by atoms with van der Waals surface area (Å²) in [5.74, 6) is -2.80. The lowest BCUT2D eigenvalue weighted by Gasteiger charge is -2.29. The van der Waals surface area contributed by atoms with Crippen molar-refractivity contribution in [1.29, 1.82) is 0 Å². The third-order valence-corrected chi connectivity index (χ3v) is 6.15. The molecule has 0 saturated carbocycles. The number of rotatable bonds is 8. The van der Waals surface area contributed by atoms with Gasteiger partial charge in [-0.3, -0.25) is 14.4 Å². The molecule has 160 valence electrons. The highest BCUT2D eigenvalue weighted by molar-refractivity contribution is 7.91. The van der Waals surface area contributed by atoms with Crippen LogP contribution in [0.5, 0.6) is 0 Å². The predicted octanol–water partition coefficient (Wildman–Crippen LogP) is 0.770. The lowest BCUT2D eigenvalue weighted by molar-refractivity contribution is -0.152. The van der Waals surface area contributed by atoms with Crippen LogP contribution in [0, 0.1) is 11.7 Å². The molecule has 0 aliphatic carbocycles. The summed E-state index contributed by atoms with van der Waals surface area (Å²) in [6, 6.07) is 4.89. The molecule has 0 bridgehead atoms. The third kappa shape index (κ3) is 6.81. The average Bonchev–Trinajstić information content (AvgIpc) is 3.02. The Balaban J connectivity index is 1.86. The molecule has 1 fully saturated rings. The maximum absolute atomic E-state index is 13.5. The number of hydrogen-bond acceptors (Lipinski definition) is 6.